The molecule has 3 heteroatoms. The minimum atomic E-state index is -0.335. The second-order valence-electron chi connectivity index (χ2n) is 8.24. The summed E-state index contributed by atoms with van der Waals surface area (Å²) in [7, 11) is -0.599. The van der Waals surface area contributed by atoms with Gasteiger partial charge in [0.2, 0.25) is 0 Å². The summed E-state index contributed by atoms with van der Waals surface area (Å²) in [6.07, 6.45) is 15.5. The Hall–Kier alpha value is 0.914. The quantitative estimate of drug-likeness (QED) is 0.226. The molecule has 0 radical (unpaired) electrons. The van der Waals surface area contributed by atoms with Crippen molar-refractivity contribution in [1.82, 2.24) is 0 Å². The first-order chi connectivity index (χ1) is 10.8. The van der Waals surface area contributed by atoms with Gasteiger partial charge in [0.15, 0.2) is 0 Å². The molecule has 130 valence electrons. The zero-order valence-corrected chi connectivity index (χ0v) is 18.9. The van der Waals surface area contributed by atoms with E-state index in [1.54, 1.807) is 62.3 Å². The molecule has 0 unspecified atom stereocenters. The molecule has 0 nitrogen and oxygen atoms in total. The summed E-state index contributed by atoms with van der Waals surface area (Å²) in [6.45, 7) is 2.35. The Morgan fingerprint density at radius 2 is 1.59 bits per heavy atom. The molecule has 2 fully saturated rings. The number of rotatable bonds is 9. The van der Waals surface area contributed by atoms with Crippen LogP contribution in [0.2, 0.25) is 35.8 Å². The van der Waals surface area contributed by atoms with Crippen LogP contribution >= 0.6 is 15.9 Å². The van der Waals surface area contributed by atoms with Crippen molar-refractivity contribution in [2.45, 2.75) is 107 Å². The van der Waals surface area contributed by atoms with Crippen molar-refractivity contribution in [3.63, 3.8) is 0 Å². The molecule has 2 rings (SSSR count). The Balaban J connectivity index is 1.58. The molecule has 2 saturated heterocycles. The standard InChI is InChI=1S/C19H39BrSi2/c1-2-3-6-13-21-14-10-19(11-15-21)22-16-8-18(9-17-22)7-4-5-12-20/h18-19,21-22H,2-17H2,1H3. The van der Waals surface area contributed by atoms with E-state index in [0.29, 0.717) is 0 Å². The normalized spacial score (nSPS) is 33.0. The van der Waals surface area contributed by atoms with Gasteiger partial charge in [0.25, 0.3) is 0 Å². The molecule has 0 aromatic carbocycles. The molecular weight excluding hydrogens is 364 g/mol. The van der Waals surface area contributed by atoms with E-state index in [-0.39, 0.29) is 17.6 Å². The monoisotopic (exact) mass is 402 g/mol. The maximum Gasteiger partial charge on any atom is 0.0399 e. The molecule has 0 amide bonds. The van der Waals surface area contributed by atoms with Gasteiger partial charge in [-0.2, -0.15) is 0 Å². The van der Waals surface area contributed by atoms with Crippen LogP contribution in [0.1, 0.15) is 71.1 Å². The minimum absolute atomic E-state index is 0.264. The fourth-order valence-electron chi connectivity index (χ4n) is 5.11. The van der Waals surface area contributed by atoms with E-state index in [0.717, 1.165) is 5.92 Å². The van der Waals surface area contributed by atoms with E-state index in [1.165, 1.54) is 43.0 Å². The smallest absolute Gasteiger partial charge is 0.0399 e. The average molecular weight is 404 g/mol. The van der Waals surface area contributed by atoms with E-state index in [9.17, 15) is 0 Å². The molecule has 0 aromatic heterocycles. The summed E-state index contributed by atoms with van der Waals surface area (Å²) < 4.78 is 0. The van der Waals surface area contributed by atoms with Gasteiger partial charge in [-0.3, -0.25) is 0 Å². The Labute approximate surface area is 151 Å². The van der Waals surface area contributed by atoms with Gasteiger partial charge in [-0.25, -0.2) is 0 Å². The molecular formula is C19H39BrSi2. The molecule has 0 atom stereocenters. The number of unbranched alkanes of at least 4 members (excludes halogenated alkanes) is 3. The van der Waals surface area contributed by atoms with E-state index in [2.05, 4.69) is 22.9 Å². The molecule has 2 aliphatic rings. The largest absolute Gasteiger partial charge is 0.0928 e. The summed E-state index contributed by atoms with van der Waals surface area (Å²) >= 11 is 3.57. The first-order valence-corrected chi connectivity index (χ1v) is 16.3. The Morgan fingerprint density at radius 3 is 2.23 bits per heavy atom. The molecule has 0 aliphatic carbocycles. The average Bonchev–Trinajstić information content (AvgIpc) is 2.57. The SMILES string of the molecule is CCCCC[SiH]1CCC([SiH]2CCC(CCCCBr)CC2)CC1. The lowest BCUT2D eigenvalue weighted by Crippen LogP contribution is -2.31. The van der Waals surface area contributed by atoms with E-state index < -0.39 is 0 Å². The molecule has 2 aliphatic heterocycles. The Morgan fingerprint density at radius 1 is 0.864 bits per heavy atom. The van der Waals surface area contributed by atoms with Crippen molar-refractivity contribution in [2.24, 2.45) is 5.92 Å². The zero-order chi connectivity index (χ0) is 15.6. The summed E-state index contributed by atoms with van der Waals surface area (Å²) in [6, 6.07) is 8.57. The highest BCUT2D eigenvalue weighted by Crippen LogP contribution is 2.41. The van der Waals surface area contributed by atoms with Gasteiger partial charge in [0.1, 0.15) is 0 Å². The van der Waals surface area contributed by atoms with Gasteiger partial charge in [-0.1, -0.05) is 111 Å². The van der Waals surface area contributed by atoms with Gasteiger partial charge < -0.3 is 0 Å². The maximum absolute atomic E-state index is 3.57. The molecule has 0 bridgehead atoms. The maximum atomic E-state index is 3.57. The first kappa shape index (κ1) is 19.2. The van der Waals surface area contributed by atoms with Gasteiger partial charge in [-0.05, 0) is 17.9 Å². The Kier molecular flexibility index (Phi) is 10.0. The Bertz CT molecular complexity index is 241. The lowest BCUT2D eigenvalue weighted by Gasteiger charge is -2.36. The number of hydrogen-bond donors (Lipinski definition) is 0. The first-order valence-electron chi connectivity index (χ1n) is 10.4. The van der Waals surface area contributed by atoms with Gasteiger partial charge >= 0.3 is 0 Å². The number of halogens is 1. The van der Waals surface area contributed by atoms with Crippen LogP contribution in [0.15, 0.2) is 0 Å². The fraction of sp³-hybridized carbons (Fsp3) is 1.00. The van der Waals surface area contributed by atoms with E-state index in [1.807, 2.05) is 0 Å². The molecule has 22 heavy (non-hydrogen) atoms. The molecule has 0 N–H and O–H groups in total. The number of hydrogen-bond acceptors (Lipinski definition) is 0. The van der Waals surface area contributed by atoms with Crippen LogP contribution in [0.25, 0.3) is 0 Å². The number of alkyl halides is 1. The lowest BCUT2D eigenvalue weighted by atomic mass is 9.96. The van der Waals surface area contributed by atoms with Crippen LogP contribution in [0.3, 0.4) is 0 Å². The molecule has 0 aromatic rings. The predicted molar refractivity (Wildman–Crippen MR) is 111 cm³/mol. The van der Waals surface area contributed by atoms with Gasteiger partial charge in [0.05, 0.1) is 0 Å². The van der Waals surface area contributed by atoms with Crippen molar-refractivity contribution < 1.29 is 0 Å². The van der Waals surface area contributed by atoms with Crippen molar-refractivity contribution in [1.29, 1.82) is 0 Å². The molecule has 0 saturated carbocycles. The summed E-state index contributed by atoms with van der Waals surface area (Å²) in [5, 5.41) is 1.21. The van der Waals surface area contributed by atoms with Crippen LogP contribution in [0.4, 0.5) is 0 Å². The highest BCUT2D eigenvalue weighted by atomic mass is 79.9. The second-order valence-corrected chi connectivity index (χ2v) is 16.1. The van der Waals surface area contributed by atoms with Crippen LogP contribution in [0.5, 0.6) is 0 Å². The highest BCUT2D eigenvalue weighted by molar-refractivity contribution is 9.09. The molecule has 2 heterocycles. The van der Waals surface area contributed by atoms with Gasteiger partial charge in [0, 0.05) is 22.9 Å². The summed E-state index contributed by atoms with van der Waals surface area (Å²) in [5.41, 5.74) is 1.28. The molecule has 0 spiro atoms. The summed E-state index contributed by atoms with van der Waals surface area (Å²) in [4.78, 5) is 0. The zero-order valence-electron chi connectivity index (χ0n) is 15.0. The summed E-state index contributed by atoms with van der Waals surface area (Å²) in [5.74, 6) is 1.11. The van der Waals surface area contributed by atoms with Crippen molar-refractivity contribution in [3.05, 3.63) is 0 Å². The highest BCUT2D eigenvalue weighted by Gasteiger charge is 2.31. The minimum Gasteiger partial charge on any atom is -0.0928 e. The third-order valence-corrected chi connectivity index (χ3v) is 14.9. The van der Waals surface area contributed by atoms with Crippen LogP contribution in [-0.4, -0.2) is 22.9 Å². The van der Waals surface area contributed by atoms with Crippen molar-refractivity contribution >= 4 is 33.5 Å². The fourth-order valence-corrected chi connectivity index (χ4v) is 14.2. The third-order valence-electron chi connectivity index (χ3n) is 6.66. The van der Waals surface area contributed by atoms with Crippen molar-refractivity contribution in [2.75, 3.05) is 5.33 Å². The van der Waals surface area contributed by atoms with E-state index >= 15 is 0 Å². The van der Waals surface area contributed by atoms with Crippen LogP contribution in [0, 0.1) is 5.92 Å². The lowest BCUT2D eigenvalue weighted by molar-refractivity contribution is 0.419. The van der Waals surface area contributed by atoms with E-state index in [4.69, 9.17) is 0 Å². The van der Waals surface area contributed by atoms with Crippen molar-refractivity contribution in [3.8, 4) is 0 Å². The second kappa shape index (κ2) is 11.5. The topological polar surface area (TPSA) is 0 Å². The van der Waals surface area contributed by atoms with Crippen LogP contribution in [-0.2, 0) is 0 Å². The third kappa shape index (κ3) is 6.80. The predicted octanol–water partition coefficient (Wildman–Crippen LogP) is 6.77. The van der Waals surface area contributed by atoms with Gasteiger partial charge in [-0.15, -0.1) is 0 Å². The van der Waals surface area contributed by atoms with Crippen LogP contribution < -0.4 is 0 Å².